The molecule has 2 aromatic carbocycles. The molecule has 0 aromatic heterocycles. The van der Waals surface area contributed by atoms with Gasteiger partial charge in [-0.05, 0) is 48.0 Å². The van der Waals surface area contributed by atoms with Gasteiger partial charge in [0.1, 0.15) is 19.0 Å². The maximum absolute atomic E-state index is 12.8. The van der Waals surface area contributed by atoms with Crippen molar-refractivity contribution in [3.05, 3.63) is 65.5 Å². The van der Waals surface area contributed by atoms with E-state index >= 15 is 0 Å². The van der Waals surface area contributed by atoms with Crippen LogP contribution in [0, 0.1) is 5.82 Å². The fourth-order valence-corrected chi connectivity index (χ4v) is 2.23. The number of hydrogen-bond acceptors (Lipinski definition) is 5. The molecule has 3 rings (SSSR count). The highest BCUT2D eigenvalue weighted by molar-refractivity contribution is 5.98. The molecule has 1 heterocycles. The van der Waals surface area contributed by atoms with Crippen LogP contribution in [0.5, 0.6) is 11.5 Å². The van der Waals surface area contributed by atoms with Gasteiger partial charge in [-0.15, -0.1) is 0 Å². The van der Waals surface area contributed by atoms with Crippen LogP contribution in [0.4, 0.5) is 4.39 Å². The van der Waals surface area contributed by atoms with Gasteiger partial charge >= 0.3 is 5.97 Å². The van der Waals surface area contributed by atoms with Crippen molar-refractivity contribution in [2.24, 2.45) is 0 Å². The first-order chi connectivity index (χ1) is 12.1. The van der Waals surface area contributed by atoms with Crippen LogP contribution in [-0.4, -0.2) is 31.6 Å². The van der Waals surface area contributed by atoms with E-state index in [-0.39, 0.29) is 5.56 Å². The first kappa shape index (κ1) is 16.7. The Hall–Kier alpha value is -3.15. The van der Waals surface area contributed by atoms with E-state index in [1.54, 1.807) is 24.3 Å². The van der Waals surface area contributed by atoms with Gasteiger partial charge in [0.25, 0.3) is 0 Å². The highest BCUT2D eigenvalue weighted by atomic mass is 19.1. The molecule has 0 saturated carbocycles. The van der Waals surface area contributed by atoms with Crippen LogP contribution in [0.1, 0.15) is 15.9 Å². The minimum absolute atomic E-state index is 0.282. The molecule has 1 aliphatic heterocycles. The molecule has 0 radical (unpaired) electrons. The van der Waals surface area contributed by atoms with Gasteiger partial charge in [0, 0.05) is 11.6 Å². The zero-order valence-corrected chi connectivity index (χ0v) is 13.2. The van der Waals surface area contributed by atoms with Crippen molar-refractivity contribution in [3.8, 4) is 11.5 Å². The van der Waals surface area contributed by atoms with Crippen molar-refractivity contribution in [2.45, 2.75) is 0 Å². The lowest BCUT2D eigenvalue weighted by atomic mass is 10.1. The summed E-state index contributed by atoms with van der Waals surface area (Å²) in [6, 6.07) is 10.3. The van der Waals surface area contributed by atoms with Crippen molar-refractivity contribution >= 4 is 17.8 Å². The third-order valence-corrected chi connectivity index (χ3v) is 3.49. The average molecular weight is 342 g/mol. The Bertz CT molecular complexity index is 811. The maximum Gasteiger partial charge on any atom is 0.331 e. The number of esters is 1. The van der Waals surface area contributed by atoms with E-state index in [1.807, 2.05) is 0 Å². The van der Waals surface area contributed by atoms with Gasteiger partial charge in [0.05, 0.1) is 0 Å². The summed E-state index contributed by atoms with van der Waals surface area (Å²) in [5.74, 6) is -0.202. The van der Waals surface area contributed by atoms with Gasteiger partial charge < -0.3 is 14.2 Å². The summed E-state index contributed by atoms with van der Waals surface area (Å²) in [7, 11) is 0. The largest absolute Gasteiger partial charge is 0.486 e. The Labute approximate surface area is 143 Å². The highest BCUT2D eigenvalue weighted by Crippen LogP contribution is 2.31. The van der Waals surface area contributed by atoms with Crippen LogP contribution < -0.4 is 9.47 Å². The molecule has 0 bridgehead atoms. The molecule has 0 spiro atoms. The van der Waals surface area contributed by atoms with Crippen LogP contribution in [0.2, 0.25) is 0 Å². The first-order valence-corrected chi connectivity index (χ1v) is 7.65. The van der Waals surface area contributed by atoms with E-state index < -0.39 is 24.2 Å². The van der Waals surface area contributed by atoms with E-state index in [1.165, 1.54) is 30.3 Å². The van der Waals surface area contributed by atoms with Gasteiger partial charge in [-0.3, -0.25) is 4.79 Å². The van der Waals surface area contributed by atoms with E-state index in [0.29, 0.717) is 24.7 Å². The van der Waals surface area contributed by atoms with Gasteiger partial charge in [-0.25, -0.2) is 9.18 Å². The molecule has 0 saturated heterocycles. The number of rotatable bonds is 5. The number of halogens is 1. The smallest absolute Gasteiger partial charge is 0.331 e. The van der Waals surface area contributed by atoms with Crippen LogP contribution in [-0.2, 0) is 9.53 Å². The Morgan fingerprint density at radius 2 is 1.76 bits per heavy atom. The second kappa shape index (κ2) is 7.61. The third kappa shape index (κ3) is 4.44. The molecule has 0 fully saturated rings. The number of hydrogen-bond donors (Lipinski definition) is 0. The lowest BCUT2D eigenvalue weighted by Gasteiger charge is -2.18. The Morgan fingerprint density at radius 3 is 2.52 bits per heavy atom. The summed E-state index contributed by atoms with van der Waals surface area (Å²) in [5, 5.41) is 0. The van der Waals surface area contributed by atoms with E-state index in [9.17, 15) is 14.0 Å². The maximum atomic E-state index is 12.8. The van der Waals surface area contributed by atoms with Gasteiger partial charge in [-0.1, -0.05) is 6.07 Å². The minimum atomic E-state index is -0.648. The van der Waals surface area contributed by atoms with Gasteiger partial charge in [0.2, 0.25) is 0 Å². The van der Waals surface area contributed by atoms with Gasteiger partial charge in [-0.2, -0.15) is 0 Å². The fraction of sp³-hybridized carbons (Fsp3) is 0.158. The predicted molar refractivity (Wildman–Crippen MR) is 88.2 cm³/mol. The molecule has 0 atom stereocenters. The summed E-state index contributed by atoms with van der Waals surface area (Å²) < 4.78 is 28.6. The summed E-state index contributed by atoms with van der Waals surface area (Å²) in [6.07, 6.45) is 2.78. The summed E-state index contributed by atoms with van der Waals surface area (Å²) >= 11 is 0. The number of ketones is 1. The second-order valence-corrected chi connectivity index (χ2v) is 5.27. The van der Waals surface area contributed by atoms with Crippen LogP contribution in [0.25, 0.3) is 6.08 Å². The molecule has 0 N–H and O–H groups in total. The number of fused-ring (bicyclic) bond motifs is 1. The van der Waals surface area contributed by atoms with Crippen LogP contribution in [0.3, 0.4) is 0 Å². The minimum Gasteiger partial charge on any atom is -0.486 e. The lowest BCUT2D eigenvalue weighted by molar-refractivity contribution is -0.136. The predicted octanol–water partition coefficient (Wildman–Crippen LogP) is 3.04. The topological polar surface area (TPSA) is 61.8 Å². The zero-order chi connectivity index (χ0) is 17.6. The summed E-state index contributed by atoms with van der Waals surface area (Å²) in [6.45, 7) is 0.584. The number of ether oxygens (including phenoxy) is 3. The molecule has 1 aliphatic rings. The third-order valence-electron chi connectivity index (χ3n) is 3.49. The SMILES string of the molecule is O=C(/C=C/c1ccc2c(c1)OCCO2)OCC(=O)c1ccc(F)cc1. The van der Waals surface area contributed by atoms with Crippen molar-refractivity contribution in [2.75, 3.05) is 19.8 Å². The average Bonchev–Trinajstić information content (AvgIpc) is 2.65. The molecule has 0 aliphatic carbocycles. The molecule has 25 heavy (non-hydrogen) atoms. The lowest BCUT2D eigenvalue weighted by Crippen LogP contribution is -2.15. The molecule has 0 unspecified atom stereocenters. The van der Waals surface area contributed by atoms with E-state index in [4.69, 9.17) is 14.2 Å². The van der Waals surface area contributed by atoms with E-state index in [0.717, 1.165) is 5.56 Å². The molecule has 5 nitrogen and oxygen atoms in total. The highest BCUT2D eigenvalue weighted by Gasteiger charge is 2.11. The molecule has 0 amide bonds. The summed E-state index contributed by atoms with van der Waals surface area (Å²) in [4.78, 5) is 23.6. The monoisotopic (exact) mass is 342 g/mol. The number of carbonyl (C=O) groups is 2. The first-order valence-electron chi connectivity index (χ1n) is 7.65. The van der Waals surface area contributed by atoms with Crippen molar-refractivity contribution in [3.63, 3.8) is 0 Å². The van der Waals surface area contributed by atoms with Crippen LogP contribution >= 0.6 is 0 Å². The Morgan fingerprint density at radius 1 is 1.04 bits per heavy atom. The fourth-order valence-electron chi connectivity index (χ4n) is 2.23. The van der Waals surface area contributed by atoms with Gasteiger partial charge in [0.15, 0.2) is 23.9 Å². The quantitative estimate of drug-likeness (QED) is 0.475. The molecular formula is C19H15FO5. The van der Waals surface area contributed by atoms with Crippen molar-refractivity contribution in [1.82, 2.24) is 0 Å². The Balaban J connectivity index is 1.54. The van der Waals surface area contributed by atoms with Crippen LogP contribution in [0.15, 0.2) is 48.5 Å². The molecule has 128 valence electrons. The van der Waals surface area contributed by atoms with Crippen molar-refractivity contribution in [1.29, 1.82) is 0 Å². The zero-order valence-electron chi connectivity index (χ0n) is 13.2. The molecular weight excluding hydrogens is 327 g/mol. The molecule has 6 heteroatoms. The number of carbonyl (C=O) groups excluding carboxylic acids is 2. The summed E-state index contributed by atoms with van der Waals surface area (Å²) in [5.41, 5.74) is 1.02. The second-order valence-electron chi connectivity index (χ2n) is 5.27. The number of Topliss-reactive ketones (excluding diaryl/α,β-unsaturated/α-hetero) is 1. The molecule has 2 aromatic rings. The normalized spacial score (nSPS) is 12.8. The van der Waals surface area contributed by atoms with E-state index in [2.05, 4.69) is 0 Å². The van der Waals surface area contributed by atoms with Crippen molar-refractivity contribution < 1.29 is 28.2 Å². The standard InChI is InChI=1S/C19H15FO5/c20-15-5-3-14(4-6-15)16(21)12-25-19(22)8-2-13-1-7-17-18(11-13)24-10-9-23-17/h1-8,11H,9-10,12H2/b8-2+. The Kier molecular flexibility index (Phi) is 5.09. The number of benzene rings is 2.